The molecule has 2 radical (unpaired) electrons. The van der Waals surface area contributed by atoms with Gasteiger partial charge in [0.25, 0.3) is 0 Å². The van der Waals surface area contributed by atoms with Gasteiger partial charge >= 0.3 is 0 Å². The first kappa shape index (κ1) is 17.7. The van der Waals surface area contributed by atoms with Crippen LogP contribution in [0.1, 0.15) is 25.7 Å². The Morgan fingerprint density at radius 1 is 0.727 bits per heavy atom. The van der Waals surface area contributed by atoms with Crippen molar-refractivity contribution in [3.63, 3.8) is 0 Å². The molecule has 0 aromatic carbocycles. The molecule has 0 aromatic rings. The van der Waals surface area contributed by atoms with Gasteiger partial charge in [0.05, 0.1) is 0 Å². The van der Waals surface area contributed by atoms with Gasteiger partial charge in [-0.2, -0.15) is 0 Å². The zero-order valence-corrected chi connectivity index (χ0v) is 9.58. The molecule has 0 saturated heterocycles. The topological polar surface area (TPSA) is 31.5 Å². The summed E-state index contributed by atoms with van der Waals surface area (Å²) < 4.78 is 0. The van der Waals surface area contributed by atoms with Crippen LogP contribution >= 0.6 is 0 Å². The fraction of sp³-hybridized carbons (Fsp3) is 0.500. The van der Waals surface area contributed by atoms with E-state index in [9.17, 15) is 0 Å². The zero-order valence-electron chi connectivity index (χ0n) is 6.30. The van der Waals surface area contributed by atoms with Gasteiger partial charge in [0.2, 0.25) is 0 Å². The molecule has 11 heavy (non-hydrogen) atoms. The van der Waals surface area contributed by atoms with Crippen molar-refractivity contribution in [3.8, 4) is 0 Å². The smallest absolute Gasteiger partial charge is 0 e. The van der Waals surface area contributed by atoms with Gasteiger partial charge in [-0.05, 0) is 25.7 Å². The normalized spacial score (nSPS) is 14.5. The van der Waals surface area contributed by atoms with Crippen LogP contribution < -0.4 is 0 Å². The molecular weight excluding hydrogens is 318 g/mol. The Bertz CT molecular complexity index is 96.7. The average molecular weight is 332 g/mol. The quantitative estimate of drug-likeness (QED) is 0.607. The molecule has 0 spiro atoms. The standard InChI is InChI=1S/C8H12.H2O.2Rh/c1-2-4-6-8-7-5-3-1;;;/h1-4H,5-8H2;1H2;;. The molecule has 0 aliphatic heterocycles. The van der Waals surface area contributed by atoms with Crippen LogP contribution in [0.25, 0.3) is 0 Å². The minimum absolute atomic E-state index is 0. The van der Waals surface area contributed by atoms with Crippen LogP contribution in [0, 0.1) is 0 Å². The Labute approximate surface area is 94.2 Å². The third-order valence-corrected chi connectivity index (χ3v) is 1.37. The van der Waals surface area contributed by atoms with Crippen molar-refractivity contribution in [2.24, 2.45) is 0 Å². The Morgan fingerprint density at radius 2 is 1.09 bits per heavy atom. The van der Waals surface area contributed by atoms with Crippen molar-refractivity contribution >= 4 is 0 Å². The third kappa shape index (κ3) is 10.7. The molecule has 0 heterocycles. The summed E-state index contributed by atoms with van der Waals surface area (Å²) in [5.41, 5.74) is 0. The van der Waals surface area contributed by atoms with E-state index < -0.39 is 0 Å². The van der Waals surface area contributed by atoms with Crippen LogP contribution in [0.4, 0.5) is 0 Å². The zero-order chi connectivity index (χ0) is 5.66. The molecule has 3 heteroatoms. The summed E-state index contributed by atoms with van der Waals surface area (Å²) in [6.45, 7) is 0. The molecule has 0 bridgehead atoms. The van der Waals surface area contributed by atoms with E-state index in [1.165, 1.54) is 25.7 Å². The number of rotatable bonds is 0. The second-order valence-electron chi connectivity index (χ2n) is 2.14. The number of hydrogen-bond acceptors (Lipinski definition) is 0. The molecule has 0 aromatic heterocycles. The van der Waals surface area contributed by atoms with Crippen molar-refractivity contribution in [1.29, 1.82) is 0 Å². The van der Waals surface area contributed by atoms with Crippen LogP contribution in [0.2, 0.25) is 0 Å². The van der Waals surface area contributed by atoms with E-state index in [4.69, 9.17) is 0 Å². The molecule has 0 unspecified atom stereocenters. The Morgan fingerprint density at radius 3 is 1.45 bits per heavy atom. The summed E-state index contributed by atoms with van der Waals surface area (Å²) in [5, 5.41) is 0. The van der Waals surface area contributed by atoms with Crippen LogP contribution in [0.15, 0.2) is 24.3 Å². The molecule has 1 rings (SSSR count). The molecule has 0 amide bonds. The van der Waals surface area contributed by atoms with Crippen molar-refractivity contribution in [3.05, 3.63) is 24.3 Å². The van der Waals surface area contributed by atoms with Crippen molar-refractivity contribution in [2.75, 3.05) is 0 Å². The molecule has 0 saturated carbocycles. The number of allylic oxidation sites excluding steroid dienone is 4. The van der Waals surface area contributed by atoms with Crippen LogP contribution in [-0.4, -0.2) is 5.48 Å². The van der Waals surface area contributed by atoms with Gasteiger partial charge in [-0.15, -0.1) is 0 Å². The van der Waals surface area contributed by atoms with E-state index in [1.54, 1.807) is 0 Å². The Balaban J connectivity index is -0.000000213. The maximum atomic E-state index is 2.23. The van der Waals surface area contributed by atoms with E-state index in [2.05, 4.69) is 24.3 Å². The third-order valence-electron chi connectivity index (χ3n) is 1.37. The first-order chi connectivity index (χ1) is 4.00. The minimum atomic E-state index is 0. The summed E-state index contributed by atoms with van der Waals surface area (Å²) in [4.78, 5) is 0. The second-order valence-corrected chi connectivity index (χ2v) is 2.14. The van der Waals surface area contributed by atoms with Gasteiger partial charge < -0.3 is 5.48 Å². The van der Waals surface area contributed by atoms with Crippen LogP contribution in [-0.2, 0) is 39.0 Å². The largest absolute Gasteiger partial charge is 0.412 e. The predicted molar refractivity (Wildman–Crippen MR) is 40.4 cm³/mol. The van der Waals surface area contributed by atoms with E-state index in [0.717, 1.165) is 0 Å². The molecule has 1 aliphatic carbocycles. The monoisotopic (exact) mass is 332 g/mol. The summed E-state index contributed by atoms with van der Waals surface area (Å²) in [6, 6.07) is 0. The van der Waals surface area contributed by atoms with E-state index in [-0.39, 0.29) is 44.4 Å². The SMILES string of the molecule is C1=CCCCCC=C1.O.[Rh].[Rh]. The first-order valence-electron chi connectivity index (χ1n) is 3.32. The molecule has 1 nitrogen and oxygen atoms in total. The first-order valence-corrected chi connectivity index (χ1v) is 3.32. The van der Waals surface area contributed by atoms with E-state index in [1.807, 2.05) is 0 Å². The van der Waals surface area contributed by atoms with Crippen molar-refractivity contribution < 1.29 is 44.4 Å². The fourth-order valence-corrected chi connectivity index (χ4v) is 0.874. The van der Waals surface area contributed by atoms with Gasteiger partial charge in [-0.25, -0.2) is 0 Å². The summed E-state index contributed by atoms with van der Waals surface area (Å²) in [6.07, 6.45) is 14.0. The maximum Gasteiger partial charge on any atom is 0 e. The molecule has 0 fully saturated rings. The van der Waals surface area contributed by atoms with Gasteiger partial charge in [0, 0.05) is 39.0 Å². The fourth-order valence-electron chi connectivity index (χ4n) is 0.874. The summed E-state index contributed by atoms with van der Waals surface area (Å²) in [7, 11) is 0. The maximum absolute atomic E-state index is 2.23. The predicted octanol–water partition coefficient (Wildman–Crippen LogP) is 1.84. The van der Waals surface area contributed by atoms with Gasteiger partial charge in [0.15, 0.2) is 0 Å². The van der Waals surface area contributed by atoms with Gasteiger partial charge in [0.1, 0.15) is 0 Å². The molecule has 2 N–H and O–H groups in total. The molecule has 1 aliphatic rings. The molecular formula is C8H14ORh2. The second kappa shape index (κ2) is 13.3. The summed E-state index contributed by atoms with van der Waals surface area (Å²) >= 11 is 0. The summed E-state index contributed by atoms with van der Waals surface area (Å²) in [5.74, 6) is 0. The van der Waals surface area contributed by atoms with E-state index >= 15 is 0 Å². The minimum Gasteiger partial charge on any atom is -0.412 e. The van der Waals surface area contributed by atoms with Crippen LogP contribution in [0.5, 0.6) is 0 Å². The van der Waals surface area contributed by atoms with E-state index in [0.29, 0.717) is 0 Å². The van der Waals surface area contributed by atoms with Crippen LogP contribution in [0.3, 0.4) is 0 Å². The Kier molecular flexibility index (Phi) is 21.4. The number of hydrogen-bond donors (Lipinski definition) is 0. The average Bonchev–Trinajstić information content (AvgIpc) is 1.62. The van der Waals surface area contributed by atoms with Crippen molar-refractivity contribution in [2.45, 2.75) is 25.7 Å². The van der Waals surface area contributed by atoms with Gasteiger partial charge in [-0.3, -0.25) is 0 Å². The van der Waals surface area contributed by atoms with Crippen molar-refractivity contribution in [1.82, 2.24) is 0 Å². The molecule has 70 valence electrons. The van der Waals surface area contributed by atoms with Gasteiger partial charge in [-0.1, -0.05) is 24.3 Å². The Hall–Kier alpha value is 0.687. The molecule has 0 atom stereocenters.